The number of methoxy groups -OCH3 is 6. The van der Waals surface area contributed by atoms with Crippen molar-refractivity contribution in [2.24, 2.45) is 0 Å². The van der Waals surface area contributed by atoms with Gasteiger partial charge >= 0.3 is 24.7 Å². The summed E-state index contributed by atoms with van der Waals surface area (Å²) in [6.45, 7) is 4.05. The molecule has 131 heavy (non-hydrogen) atoms. The van der Waals surface area contributed by atoms with E-state index in [-0.39, 0.29) is 69.4 Å². The summed E-state index contributed by atoms with van der Waals surface area (Å²) in [7, 11) is 8.95. The molecule has 3 aliphatic rings. The summed E-state index contributed by atoms with van der Waals surface area (Å²) >= 11 is 0. The topological polar surface area (TPSA) is 278 Å². The fourth-order valence-corrected chi connectivity index (χ4v) is 13.7. The Kier molecular flexibility index (Phi) is 34.4. The number of piperidine rings is 1. The van der Waals surface area contributed by atoms with E-state index in [1.54, 1.807) is 148 Å². The molecule has 0 aliphatic carbocycles. The lowest BCUT2D eigenvalue weighted by Gasteiger charge is -2.35. The lowest BCUT2D eigenvalue weighted by Crippen LogP contribution is -2.38. The van der Waals surface area contributed by atoms with Crippen molar-refractivity contribution in [2.75, 3.05) is 147 Å². The van der Waals surface area contributed by atoms with Gasteiger partial charge in [-0.3, -0.25) is 34.1 Å². The number of anilines is 11. The Bertz CT molecular complexity index is 5750. The third-order valence-electron chi connectivity index (χ3n) is 20.4. The Balaban J connectivity index is 0.000000170. The molecule has 36 heteroatoms. The van der Waals surface area contributed by atoms with Crippen molar-refractivity contribution in [2.45, 2.75) is 63.2 Å². The summed E-state index contributed by atoms with van der Waals surface area (Å²) in [5.41, 5.74) is 0.155. The van der Waals surface area contributed by atoms with E-state index in [2.05, 4.69) is 37.2 Å². The highest BCUT2D eigenvalue weighted by Crippen LogP contribution is 2.43. The molecule has 0 bridgehead atoms. The number of carbonyl (C=O) groups excluding carboxylic acids is 5. The molecule has 5 amide bonds. The van der Waals surface area contributed by atoms with Gasteiger partial charge in [-0.05, 0) is 196 Å². The fraction of sp³-hybridized carbons (Fsp3) is 0.253. The van der Waals surface area contributed by atoms with Crippen molar-refractivity contribution in [1.29, 1.82) is 0 Å². The average Bonchev–Trinajstić information content (AvgIpc) is 1.76. The van der Waals surface area contributed by atoms with Crippen LogP contribution in [0.15, 0.2) is 243 Å². The minimum absolute atomic E-state index is 0.0362. The molecule has 0 radical (unpaired) electrons. The molecule has 0 aromatic heterocycles. The van der Waals surface area contributed by atoms with E-state index in [0.717, 1.165) is 62.8 Å². The second-order valence-corrected chi connectivity index (χ2v) is 29.4. The van der Waals surface area contributed by atoms with Crippen LogP contribution in [0.4, 0.5) is 121 Å². The smallest absolute Gasteiger partial charge is 0.418 e. The van der Waals surface area contributed by atoms with Gasteiger partial charge in [0, 0.05) is 174 Å². The highest BCUT2D eigenvalue weighted by Gasteiger charge is 2.40. The first-order chi connectivity index (χ1) is 62.5. The summed E-state index contributed by atoms with van der Waals surface area (Å²) in [6, 6.07) is 61.3. The van der Waals surface area contributed by atoms with E-state index in [9.17, 15) is 86.8 Å². The third kappa shape index (κ3) is 28.4. The number of hydrogen-bond donors (Lipinski definition) is 7. The monoisotopic (exact) mass is 1820 g/mol. The summed E-state index contributed by atoms with van der Waals surface area (Å²) in [5.74, 6) is -0.138. The van der Waals surface area contributed by atoms with Gasteiger partial charge in [0.25, 0.3) is 35.2 Å². The number of hydrogen-bond acceptors (Lipinski definition) is 18. The molecule has 0 atom stereocenters. The van der Waals surface area contributed by atoms with Crippen LogP contribution in [-0.4, -0.2) is 130 Å². The van der Waals surface area contributed by atoms with Crippen LogP contribution in [0, 0.1) is 10.1 Å². The van der Waals surface area contributed by atoms with Gasteiger partial charge < -0.3 is 80.3 Å². The zero-order valence-corrected chi connectivity index (χ0v) is 71.6. The standard InChI is InChI=1S/C20H21F3N2O2.C20H17N3O4.C19H19F3N2O2.C18H19F3N2O3.C18H17F3N2O2/c1-27-16-7-5-6-15(13-16)24-19(26)14-8-9-18(17(12-14)20(21,22)23)25-10-3-2-4-11-25;1-27-17-9-5-8-16(13-17)22-20(24)14-10-11-18(19(12-14)23(25)26)21-15-6-3-2-4-7-15;1-26-15-6-4-5-14(12-15)23-18(25)13-7-8-17(24-9-2-3-10-24)16(11-13)19(20,21)22;1-25-9-8-22-16-7-6-12(10-15(16)18(19,20)21)17(24)23-13-4-3-5-14(11-13)26-2;1-25-14-5-2-4-13(11-14)22-17(24)12-6-7-16(23-8-3-9-23)15(10-12)18(19,20)21/h5-9,12-13H,2-4,10-11H2,1H3,(H,24,26);2-13,21H,1H3,(H,22,24);4-8,11-12H,2-3,9-10H2,1H3,(H,23,25);3-7,10-11,22H,8-9H2,1-2H3,(H,23,24);2,4-7,10-11H,3,8-9H2,1H3,(H,22,24). The third-order valence-corrected chi connectivity index (χ3v) is 20.4. The highest BCUT2D eigenvalue weighted by atomic mass is 19.4. The van der Waals surface area contributed by atoms with Gasteiger partial charge in [0.1, 0.15) is 34.4 Å². The van der Waals surface area contributed by atoms with Gasteiger partial charge in [0.05, 0.1) is 69.3 Å². The Morgan fingerprint density at radius 3 is 0.878 bits per heavy atom. The molecule has 11 aromatic rings. The van der Waals surface area contributed by atoms with Gasteiger partial charge in [0.15, 0.2) is 0 Å². The molecule has 14 rings (SSSR count). The van der Waals surface area contributed by atoms with Crippen molar-refractivity contribution in [3.63, 3.8) is 0 Å². The van der Waals surface area contributed by atoms with E-state index >= 15 is 0 Å². The summed E-state index contributed by atoms with van der Waals surface area (Å²) in [4.78, 5) is 78.0. The van der Waals surface area contributed by atoms with Crippen LogP contribution in [0.2, 0.25) is 0 Å². The quantitative estimate of drug-likeness (QED) is 0.0121. The number of nitro groups is 1. The number of alkyl halides is 12. The Morgan fingerprint density at radius 2 is 0.595 bits per heavy atom. The van der Waals surface area contributed by atoms with Crippen LogP contribution in [0.25, 0.3) is 0 Å². The van der Waals surface area contributed by atoms with E-state index < -0.39 is 81.4 Å². The number of rotatable bonds is 25. The lowest BCUT2D eigenvalue weighted by molar-refractivity contribution is -0.383. The SMILES string of the molecule is COCCNc1ccc(C(=O)Nc2cccc(OC)c2)cc1C(F)(F)F.COc1cccc(NC(=O)c2ccc(N3CCC3)c(C(F)(F)F)c2)c1.COc1cccc(NC(=O)c2ccc(N3CCCC3)c(C(F)(F)F)c2)c1.COc1cccc(NC(=O)c2ccc(N3CCCCC3)c(C(F)(F)F)c2)c1.COc1cccc(NC(=O)c2ccc(Nc3ccccc3)c([N+](=O)[O-])c2)c1. The normalized spacial score (nSPS) is 12.9. The number of nitro benzene ring substituents is 1. The lowest BCUT2D eigenvalue weighted by atomic mass is 10.0. The van der Waals surface area contributed by atoms with Crippen LogP contribution >= 0.6 is 0 Å². The Labute approximate surface area is 746 Å². The van der Waals surface area contributed by atoms with Gasteiger partial charge in [-0.2, -0.15) is 52.7 Å². The zero-order chi connectivity index (χ0) is 94.6. The fourth-order valence-electron chi connectivity index (χ4n) is 13.7. The van der Waals surface area contributed by atoms with Crippen LogP contribution in [0.1, 0.15) is 113 Å². The summed E-state index contributed by atoms with van der Waals surface area (Å²) in [5, 5.41) is 30.2. The van der Waals surface area contributed by atoms with Gasteiger partial charge in [0.2, 0.25) is 0 Å². The first-order valence-corrected chi connectivity index (χ1v) is 40.8. The largest absolute Gasteiger partial charge is 0.497 e. The molecule has 3 fully saturated rings. The molecular formula is C95H93F12N11O13. The molecule has 0 spiro atoms. The van der Waals surface area contributed by atoms with Crippen LogP contribution in [0.3, 0.4) is 0 Å². The van der Waals surface area contributed by atoms with Gasteiger partial charge in [-0.1, -0.05) is 48.5 Å². The van der Waals surface area contributed by atoms with Crippen LogP contribution < -0.4 is 75.6 Å². The zero-order valence-electron chi connectivity index (χ0n) is 71.6. The van der Waals surface area contributed by atoms with Crippen LogP contribution in [-0.2, 0) is 29.4 Å². The average molecular weight is 1820 g/mol. The second-order valence-electron chi connectivity index (χ2n) is 29.4. The van der Waals surface area contributed by atoms with Crippen molar-refractivity contribution in [3.05, 3.63) is 303 Å². The van der Waals surface area contributed by atoms with Crippen molar-refractivity contribution >= 4 is 97.8 Å². The molecule has 3 aliphatic heterocycles. The number of carbonyl (C=O) groups is 5. The minimum atomic E-state index is -4.60. The molecule has 0 unspecified atom stereocenters. The second kappa shape index (κ2) is 45.8. The van der Waals surface area contributed by atoms with E-state index in [1.807, 2.05) is 18.2 Å². The number of nitrogens with zero attached hydrogens (tertiary/aromatic N) is 4. The number of benzene rings is 11. The Morgan fingerprint density at radius 1 is 0.321 bits per heavy atom. The molecule has 7 N–H and O–H groups in total. The number of ether oxygens (including phenoxy) is 6. The minimum Gasteiger partial charge on any atom is -0.497 e. The predicted molar refractivity (Wildman–Crippen MR) is 478 cm³/mol. The molecular weight excluding hydrogens is 1730 g/mol. The number of para-hydroxylation sites is 1. The first-order valence-electron chi connectivity index (χ1n) is 40.8. The predicted octanol–water partition coefficient (Wildman–Crippen LogP) is 22.3. The maximum atomic E-state index is 13.6. The molecule has 24 nitrogen and oxygen atoms in total. The van der Waals surface area contributed by atoms with Gasteiger partial charge in [-0.15, -0.1) is 0 Å². The van der Waals surface area contributed by atoms with Gasteiger partial charge in [-0.25, -0.2) is 0 Å². The van der Waals surface area contributed by atoms with Crippen molar-refractivity contribution < 1.29 is 110 Å². The molecule has 11 aromatic carbocycles. The van der Waals surface area contributed by atoms with Crippen LogP contribution in [0.5, 0.6) is 28.7 Å². The van der Waals surface area contributed by atoms with E-state index in [4.69, 9.17) is 28.4 Å². The van der Waals surface area contributed by atoms with Crippen molar-refractivity contribution in [1.82, 2.24) is 0 Å². The number of amides is 5. The molecule has 3 saturated heterocycles. The van der Waals surface area contributed by atoms with E-state index in [1.165, 1.54) is 109 Å². The first kappa shape index (κ1) is 98.5. The maximum Gasteiger partial charge on any atom is 0.418 e. The highest BCUT2D eigenvalue weighted by molar-refractivity contribution is 6.08. The molecule has 3 heterocycles. The number of halogens is 12. The molecule has 0 saturated carbocycles. The maximum absolute atomic E-state index is 13.6. The summed E-state index contributed by atoms with van der Waals surface area (Å²) < 4.78 is 191. The number of nitrogens with one attached hydrogen (secondary N) is 7. The summed E-state index contributed by atoms with van der Waals surface area (Å²) in [6.07, 6.45) is -12.8. The Hall–Kier alpha value is -14.7. The van der Waals surface area contributed by atoms with E-state index in [0.29, 0.717) is 108 Å². The van der Waals surface area contributed by atoms with Crippen molar-refractivity contribution in [3.8, 4) is 28.7 Å². The molecule has 690 valence electrons.